The summed E-state index contributed by atoms with van der Waals surface area (Å²) in [5.74, 6) is -1.90. The molecule has 1 N–H and O–H groups in total. The van der Waals surface area contributed by atoms with Crippen LogP contribution >= 0.6 is 11.6 Å². The van der Waals surface area contributed by atoms with Crippen LogP contribution in [0.15, 0.2) is 41.4 Å². The highest BCUT2D eigenvalue weighted by atomic mass is 35.5. The minimum atomic E-state index is -4.23. The topological polar surface area (TPSA) is 59.1 Å². The molecule has 0 aliphatic rings. The van der Waals surface area contributed by atoms with Crippen molar-refractivity contribution in [2.75, 3.05) is 4.72 Å². The van der Waals surface area contributed by atoms with Crippen molar-refractivity contribution in [1.29, 1.82) is 0 Å². The number of pyridine rings is 1. The molecule has 4 nitrogen and oxygen atoms in total. The quantitative estimate of drug-likeness (QED) is 0.887. The largest absolute Gasteiger partial charge is 0.279 e. The van der Waals surface area contributed by atoms with Gasteiger partial charge in [-0.3, -0.25) is 4.72 Å². The highest BCUT2D eigenvalue weighted by Gasteiger charge is 2.20. The predicted molar refractivity (Wildman–Crippen MR) is 66.4 cm³/mol. The van der Waals surface area contributed by atoms with Gasteiger partial charge in [-0.1, -0.05) is 11.6 Å². The van der Waals surface area contributed by atoms with Gasteiger partial charge in [0.15, 0.2) is 0 Å². The van der Waals surface area contributed by atoms with E-state index in [-0.39, 0.29) is 10.8 Å². The number of nitrogens with zero attached hydrogens (tertiary/aromatic N) is 1. The van der Waals surface area contributed by atoms with Crippen LogP contribution in [0.1, 0.15) is 0 Å². The zero-order valence-corrected chi connectivity index (χ0v) is 10.8. The first-order valence-corrected chi connectivity index (χ1v) is 6.84. The fraction of sp³-hybridized carbons (Fsp3) is 0. The number of anilines is 1. The maximum atomic E-state index is 13.4. The van der Waals surface area contributed by atoms with Crippen LogP contribution in [0.4, 0.5) is 14.5 Å². The lowest BCUT2D eigenvalue weighted by Gasteiger charge is -2.08. The minimum Gasteiger partial charge on any atom is -0.279 e. The van der Waals surface area contributed by atoms with Crippen LogP contribution in [-0.2, 0) is 10.0 Å². The average Bonchev–Trinajstić information content (AvgIpc) is 2.31. The van der Waals surface area contributed by atoms with E-state index in [2.05, 4.69) is 9.71 Å². The Kier molecular flexibility index (Phi) is 3.68. The lowest BCUT2D eigenvalue weighted by Crippen LogP contribution is -2.15. The van der Waals surface area contributed by atoms with E-state index in [1.807, 2.05) is 0 Å². The van der Waals surface area contributed by atoms with E-state index < -0.39 is 26.6 Å². The lowest BCUT2D eigenvalue weighted by atomic mass is 10.3. The Morgan fingerprint density at radius 1 is 1.16 bits per heavy atom. The maximum Gasteiger partial charge on any atom is 0.264 e. The summed E-state index contributed by atoms with van der Waals surface area (Å²) >= 11 is 5.60. The molecule has 0 atom stereocenters. The maximum absolute atomic E-state index is 13.4. The minimum absolute atomic E-state index is 0.0694. The van der Waals surface area contributed by atoms with Crippen molar-refractivity contribution in [3.05, 3.63) is 53.3 Å². The molecule has 2 aromatic rings. The lowest BCUT2D eigenvalue weighted by molar-refractivity contribution is 0.555. The second-order valence-electron chi connectivity index (χ2n) is 3.55. The number of sulfonamides is 1. The van der Waals surface area contributed by atoms with Gasteiger partial charge in [-0.15, -0.1) is 0 Å². The molecule has 0 saturated heterocycles. The van der Waals surface area contributed by atoms with Gasteiger partial charge >= 0.3 is 0 Å². The first-order valence-electron chi connectivity index (χ1n) is 4.98. The van der Waals surface area contributed by atoms with Crippen molar-refractivity contribution in [3.8, 4) is 0 Å². The van der Waals surface area contributed by atoms with Crippen LogP contribution in [0.25, 0.3) is 0 Å². The zero-order valence-electron chi connectivity index (χ0n) is 9.27. The second kappa shape index (κ2) is 5.10. The molecule has 0 fully saturated rings. The monoisotopic (exact) mass is 304 g/mol. The Morgan fingerprint density at radius 2 is 1.89 bits per heavy atom. The fourth-order valence-corrected chi connectivity index (χ4v) is 2.67. The highest BCUT2D eigenvalue weighted by molar-refractivity contribution is 7.92. The van der Waals surface area contributed by atoms with E-state index in [0.717, 1.165) is 12.1 Å². The molecule has 19 heavy (non-hydrogen) atoms. The van der Waals surface area contributed by atoms with E-state index >= 15 is 0 Å². The zero-order chi connectivity index (χ0) is 14.0. The molecule has 1 aromatic heterocycles. The van der Waals surface area contributed by atoms with Gasteiger partial charge in [-0.2, -0.15) is 0 Å². The first-order chi connectivity index (χ1) is 8.88. The predicted octanol–water partition coefficient (Wildman–Crippen LogP) is 2.81. The molecule has 0 aliphatic carbocycles. The summed E-state index contributed by atoms with van der Waals surface area (Å²) in [5, 5.41) is 0.0694. The number of aromatic nitrogens is 1. The van der Waals surface area contributed by atoms with Gasteiger partial charge in [0.1, 0.15) is 21.7 Å². The second-order valence-corrected chi connectivity index (χ2v) is 5.59. The smallest absolute Gasteiger partial charge is 0.264 e. The molecule has 100 valence electrons. The number of benzene rings is 1. The summed E-state index contributed by atoms with van der Waals surface area (Å²) in [6.45, 7) is 0. The van der Waals surface area contributed by atoms with Gasteiger partial charge in [0.25, 0.3) is 10.0 Å². The van der Waals surface area contributed by atoms with Crippen LogP contribution < -0.4 is 4.72 Å². The standard InChI is InChI=1S/C11H7ClF2N2O2S/c12-11-6-8(3-4-15-11)16-19(17,18)10-5-7(13)1-2-9(10)14/h1-6H,(H,15,16). The Bertz CT molecular complexity index is 722. The third-order valence-corrected chi connectivity index (χ3v) is 3.76. The van der Waals surface area contributed by atoms with Gasteiger partial charge in [0, 0.05) is 6.20 Å². The number of hydrogen-bond acceptors (Lipinski definition) is 3. The van der Waals surface area contributed by atoms with Gasteiger partial charge < -0.3 is 0 Å². The van der Waals surface area contributed by atoms with Gasteiger partial charge in [-0.05, 0) is 30.3 Å². The molecule has 0 radical (unpaired) electrons. The Balaban J connectivity index is 2.40. The third kappa shape index (κ3) is 3.18. The molecule has 0 bridgehead atoms. The Hall–Kier alpha value is -1.73. The molecule has 1 heterocycles. The third-order valence-electron chi connectivity index (χ3n) is 2.16. The summed E-state index contributed by atoms with van der Waals surface area (Å²) in [4.78, 5) is 2.89. The van der Waals surface area contributed by atoms with Crippen molar-refractivity contribution in [2.24, 2.45) is 0 Å². The number of rotatable bonds is 3. The van der Waals surface area contributed by atoms with Crippen LogP contribution in [0.5, 0.6) is 0 Å². The molecule has 0 aliphatic heterocycles. The van der Waals surface area contributed by atoms with E-state index in [1.54, 1.807) is 0 Å². The fourth-order valence-electron chi connectivity index (χ4n) is 1.36. The normalized spacial score (nSPS) is 11.3. The van der Waals surface area contributed by atoms with Crippen molar-refractivity contribution in [3.63, 3.8) is 0 Å². The summed E-state index contributed by atoms with van der Waals surface area (Å²) in [6.07, 6.45) is 1.28. The van der Waals surface area contributed by atoms with Crippen LogP contribution in [0, 0.1) is 11.6 Å². The molecule has 1 aromatic carbocycles. The summed E-state index contributed by atoms with van der Waals surface area (Å²) in [6, 6.07) is 4.75. The van der Waals surface area contributed by atoms with E-state index in [0.29, 0.717) is 6.07 Å². The van der Waals surface area contributed by atoms with Crippen LogP contribution in [0.3, 0.4) is 0 Å². The molecular formula is C11H7ClF2N2O2S. The molecule has 0 unspecified atom stereocenters. The molecule has 0 spiro atoms. The van der Waals surface area contributed by atoms with Gasteiger partial charge in [0.05, 0.1) is 5.69 Å². The average molecular weight is 305 g/mol. The molecule has 8 heteroatoms. The highest BCUT2D eigenvalue weighted by Crippen LogP contribution is 2.20. The summed E-state index contributed by atoms with van der Waals surface area (Å²) in [7, 11) is -4.23. The van der Waals surface area contributed by atoms with E-state index in [1.165, 1.54) is 18.3 Å². The van der Waals surface area contributed by atoms with Gasteiger partial charge in [-0.25, -0.2) is 22.2 Å². The van der Waals surface area contributed by atoms with Crippen LogP contribution in [0.2, 0.25) is 5.15 Å². The molecule has 0 amide bonds. The Labute approximate surface area is 113 Å². The first kappa shape index (κ1) is 13.7. The number of halogens is 3. The van der Waals surface area contributed by atoms with Crippen LogP contribution in [-0.4, -0.2) is 13.4 Å². The summed E-state index contributed by atoms with van der Waals surface area (Å²) < 4.78 is 52.3. The van der Waals surface area contributed by atoms with Crippen molar-refractivity contribution >= 4 is 27.3 Å². The van der Waals surface area contributed by atoms with E-state index in [4.69, 9.17) is 11.6 Å². The molecular weight excluding hydrogens is 298 g/mol. The van der Waals surface area contributed by atoms with Crippen molar-refractivity contribution in [2.45, 2.75) is 4.90 Å². The van der Waals surface area contributed by atoms with Crippen molar-refractivity contribution in [1.82, 2.24) is 4.98 Å². The van der Waals surface area contributed by atoms with E-state index in [9.17, 15) is 17.2 Å². The molecule has 0 saturated carbocycles. The van der Waals surface area contributed by atoms with Crippen molar-refractivity contribution < 1.29 is 17.2 Å². The molecule has 2 rings (SSSR count). The number of nitrogens with one attached hydrogen (secondary N) is 1. The summed E-state index contributed by atoms with van der Waals surface area (Å²) in [5.41, 5.74) is 0.101. The number of hydrogen-bond donors (Lipinski definition) is 1. The Morgan fingerprint density at radius 3 is 2.58 bits per heavy atom. The van der Waals surface area contributed by atoms with Gasteiger partial charge in [0.2, 0.25) is 0 Å². The SMILES string of the molecule is O=S(=O)(Nc1ccnc(Cl)c1)c1cc(F)ccc1F.